The summed E-state index contributed by atoms with van der Waals surface area (Å²) in [6.45, 7) is 14.3. The molecule has 0 aliphatic heterocycles. The van der Waals surface area contributed by atoms with Gasteiger partial charge in [-0.1, -0.05) is 109 Å². The van der Waals surface area contributed by atoms with Crippen LogP contribution in [0.15, 0.2) is 60.7 Å². The topological polar surface area (TPSA) is 9.23 Å². The molecule has 0 saturated carbocycles. The molecule has 0 fully saturated rings. The number of benzene rings is 2. The van der Waals surface area contributed by atoms with Crippen molar-refractivity contribution < 1.29 is 4.74 Å². The molecule has 0 aromatic heterocycles. The smallest absolute Gasteiger partial charge is 0.118 e. The summed E-state index contributed by atoms with van der Waals surface area (Å²) in [5.74, 6) is 0.910. The number of ether oxygens (including phenoxy) is 1. The van der Waals surface area contributed by atoms with Crippen molar-refractivity contribution in [3.63, 3.8) is 0 Å². The Hall–Kier alpha value is -1.76. The molecule has 0 saturated heterocycles. The lowest BCUT2D eigenvalue weighted by atomic mass is 10.2. The molecule has 0 unspecified atom stereocenters. The monoisotopic (exact) mass is 320 g/mol. The van der Waals surface area contributed by atoms with Gasteiger partial charge in [-0.3, -0.25) is 0 Å². The molecule has 0 heterocycles. The second-order valence-corrected chi connectivity index (χ2v) is 3.88. The number of hydrogen-bond acceptors (Lipinski definition) is 1. The van der Waals surface area contributed by atoms with E-state index in [0.29, 0.717) is 0 Å². The van der Waals surface area contributed by atoms with Gasteiger partial charge in [0.1, 0.15) is 5.75 Å². The molecule has 1 heteroatoms. The van der Waals surface area contributed by atoms with E-state index in [4.69, 9.17) is 4.74 Å². The van der Waals surface area contributed by atoms with Gasteiger partial charge < -0.3 is 4.74 Å². The number of methoxy groups -OCH3 is 1. The van der Waals surface area contributed by atoms with Gasteiger partial charge in [-0.05, 0) is 19.1 Å². The third-order valence-corrected chi connectivity index (χ3v) is 1.92. The Bertz CT molecular complexity index is 368. The molecule has 0 spiro atoms. The van der Waals surface area contributed by atoms with Crippen molar-refractivity contribution in [1.29, 1.82) is 0 Å². The molecule has 0 bridgehead atoms. The van der Waals surface area contributed by atoms with E-state index >= 15 is 0 Å². The van der Waals surface area contributed by atoms with Gasteiger partial charge in [0, 0.05) is 0 Å². The Labute approximate surface area is 146 Å². The molecule has 0 atom stereocenters. The minimum atomic E-state index is 0. The molecule has 1 nitrogen and oxygen atoms in total. The van der Waals surface area contributed by atoms with Gasteiger partial charge in [0.2, 0.25) is 0 Å². The summed E-state index contributed by atoms with van der Waals surface area (Å²) in [6.07, 6.45) is 1.25. The second kappa shape index (κ2) is 28.4. The Morgan fingerprint density at radius 1 is 0.696 bits per heavy atom. The molecular weight excluding hydrogens is 280 g/mol. The highest BCUT2D eigenvalue weighted by atomic mass is 16.5. The summed E-state index contributed by atoms with van der Waals surface area (Å²) in [7, 11) is 1.66. The molecule has 23 heavy (non-hydrogen) atoms. The SMILES string of the molecule is C.CC.CC.CCC.COc1ccccc1.Cc1ccccc1. The highest BCUT2D eigenvalue weighted by Crippen LogP contribution is 2.05. The van der Waals surface area contributed by atoms with E-state index in [0.717, 1.165) is 5.75 Å². The highest BCUT2D eigenvalue weighted by Gasteiger charge is 1.80. The zero-order valence-corrected chi connectivity index (χ0v) is 15.9. The summed E-state index contributed by atoms with van der Waals surface area (Å²) < 4.78 is 4.91. The summed E-state index contributed by atoms with van der Waals surface area (Å²) in [4.78, 5) is 0. The van der Waals surface area contributed by atoms with Crippen LogP contribution in [0.25, 0.3) is 0 Å². The van der Waals surface area contributed by atoms with E-state index in [2.05, 4.69) is 32.9 Å². The van der Waals surface area contributed by atoms with E-state index in [9.17, 15) is 0 Å². The Kier molecular flexibility index (Phi) is 36.2. The van der Waals surface area contributed by atoms with Crippen LogP contribution in [0.5, 0.6) is 5.75 Å². The van der Waals surface area contributed by atoms with Crippen LogP contribution < -0.4 is 4.74 Å². The summed E-state index contributed by atoms with van der Waals surface area (Å²) in [5, 5.41) is 0. The van der Waals surface area contributed by atoms with E-state index in [-0.39, 0.29) is 7.43 Å². The number of para-hydroxylation sites is 1. The van der Waals surface area contributed by atoms with Gasteiger partial charge in [0.15, 0.2) is 0 Å². The largest absolute Gasteiger partial charge is 0.497 e. The predicted octanol–water partition coefficient (Wildman–Crippen LogP) is 7.80. The van der Waals surface area contributed by atoms with Gasteiger partial charge >= 0.3 is 0 Å². The molecule has 2 aromatic rings. The fourth-order valence-corrected chi connectivity index (χ4v) is 1.09. The van der Waals surface area contributed by atoms with Crippen LogP contribution in [0.2, 0.25) is 0 Å². The molecule has 2 rings (SSSR count). The normalized spacial score (nSPS) is 6.96. The van der Waals surface area contributed by atoms with Crippen LogP contribution in [-0.4, -0.2) is 7.11 Å². The Morgan fingerprint density at radius 2 is 1.00 bits per heavy atom. The van der Waals surface area contributed by atoms with E-state index < -0.39 is 0 Å². The predicted molar refractivity (Wildman–Crippen MR) is 110 cm³/mol. The van der Waals surface area contributed by atoms with E-state index in [1.54, 1.807) is 7.11 Å². The summed E-state index contributed by atoms with van der Waals surface area (Å²) in [6, 6.07) is 19.9. The van der Waals surface area contributed by atoms with Crippen LogP contribution in [-0.2, 0) is 0 Å². The van der Waals surface area contributed by atoms with Crippen molar-refractivity contribution in [2.75, 3.05) is 7.11 Å². The fraction of sp³-hybridized carbons (Fsp3) is 0.455. The standard InChI is InChI=1S/C7H8O.C7H8.C3H8.2C2H6.CH4/c1-8-7-5-3-2-4-6-7;1-7-5-3-2-4-6-7;1-3-2;2*1-2;/h2-6H,1H3;2-6H,1H3;3H2,1-2H3;2*1-2H3;1H4. The first-order valence-electron chi connectivity index (χ1n) is 8.35. The first-order valence-corrected chi connectivity index (χ1v) is 8.35. The average Bonchev–Trinajstić information content (AvgIpc) is 2.61. The van der Waals surface area contributed by atoms with Gasteiger partial charge in [-0.2, -0.15) is 0 Å². The second-order valence-electron chi connectivity index (χ2n) is 3.88. The first kappa shape index (κ1) is 29.3. The minimum Gasteiger partial charge on any atom is -0.497 e. The molecule has 134 valence electrons. The molecule has 0 radical (unpaired) electrons. The zero-order chi connectivity index (χ0) is 17.6. The summed E-state index contributed by atoms with van der Waals surface area (Å²) >= 11 is 0. The third-order valence-electron chi connectivity index (χ3n) is 1.92. The number of aryl methyl sites for hydroxylation is 1. The van der Waals surface area contributed by atoms with Crippen molar-refractivity contribution in [2.24, 2.45) is 0 Å². The van der Waals surface area contributed by atoms with Gasteiger partial charge in [-0.15, -0.1) is 0 Å². The molecule has 0 N–H and O–H groups in total. The van der Waals surface area contributed by atoms with Gasteiger partial charge in [0.05, 0.1) is 7.11 Å². The fourth-order valence-electron chi connectivity index (χ4n) is 1.09. The Morgan fingerprint density at radius 3 is 1.17 bits per heavy atom. The lowest BCUT2D eigenvalue weighted by Gasteiger charge is -1.93. The molecule has 0 amide bonds. The Balaban J connectivity index is -0.000000111. The maximum absolute atomic E-state index is 4.91. The number of hydrogen-bond donors (Lipinski definition) is 0. The third kappa shape index (κ3) is 25.5. The highest BCUT2D eigenvalue weighted by molar-refractivity contribution is 5.20. The van der Waals surface area contributed by atoms with Crippen LogP contribution in [0.4, 0.5) is 0 Å². The van der Waals surface area contributed by atoms with Crippen molar-refractivity contribution in [3.8, 4) is 5.75 Å². The lowest BCUT2D eigenvalue weighted by molar-refractivity contribution is 0.415. The van der Waals surface area contributed by atoms with Crippen LogP contribution >= 0.6 is 0 Å². The quantitative estimate of drug-likeness (QED) is 0.521. The summed E-state index contributed by atoms with van der Waals surface area (Å²) in [5.41, 5.74) is 1.32. The van der Waals surface area contributed by atoms with Crippen LogP contribution in [0, 0.1) is 6.92 Å². The van der Waals surface area contributed by atoms with Crippen molar-refractivity contribution in [3.05, 3.63) is 66.2 Å². The van der Waals surface area contributed by atoms with Crippen molar-refractivity contribution in [1.82, 2.24) is 0 Å². The number of rotatable bonds is 1. The van der Waals surface area contributed by atoms with Crippen molar-refractivity contribution >= 4 is 0 Å². The van der Waals surface area contributed by atoms with Crippen LogP contribution in [0.1, 0.15) is 61.0 Å². The molecule has 0 aliphatic rings. The maximum atomic E-state index is 4.91. The van der Waals surface area contributed by atoms with E-state index in [1.807, 2.05) is 76.2 Å². The first-order chi connectivity index (χ1) is 10.7. The molecule has 2 aromatic carbocycles. The van der Waals surface area contributed by atoms with Gasteiger partial charge in [-0.25, -0.2) is 0 Å². The van der Waals surface area contributed by atoms with E-state index in [1.165, 1.54) is 12.0 Å². The minimum absolute atomic E-state index is 0. The molecule has 0 aliphatic carbocycles. The van der Waals surface area contributed by atoms with Gasteiger partial charge in [0.25, 0.3) is 0 Å². The average molecular weight is 321 g/mol. The van der Waals surface area contributed by atoms with Crippen LogP contribution in [0.3, 0.4) is 0 Å². The van der Waals surface area contributed by atoms with Crippen molar-refractivity contribution in [2.45, 2.75) is 62.3 Å². The zero-order valence-electron chi connectivity index (χ0n) is 15.9. The molecular formula is C22H40O. The maximum Gasteiger partial charge on any atom is 0.118 e. The lowest BCUT2D eigenvalue weighted by Crippen LogP contribution is -1.78.